The number of benzene rings is 2. The minimum atomic E-state index is -0.360. The minimum absolute atomic E-state index is 0.181. The van der Waals surface area contributed by atoms with Gasteiger partial charge in [0.2, 0.25) is 0 Å². The summed E-state index contributed by atoms with van der Waals surface area (Å²) in [6.45, 7) is 2.96. The zero-order valence-electron chi connectivity index (χ0n) is 16.8. The predicted molar refractivity (Wildman–Crippen MR) is 120 cm³/mol. The second kappa shape index (κ2) is 9.45. The lowest BCUT2D eigenvalue weighted by molar-refractivity contribution is -0.120. The molecule has 0 saturated heterocycles. The molecule has 0 bridgehead atoms. The van der Waals surface area contributed by atoms with Gasteiger partial charge in [-0.1, -0.05) is 29.0 Å². The number of aromatic nitrogens is 3. The fourth-order valence-electron chi connectivity index (χ4n) is 3.12. The molecular formula is C22H20ClFN4O2S. The van der Waals surface area contributed by atoms with Crippen molar-refractivity contribution in [3.05, 3.63) is 71.5 Å². The summed E-state index contributed by atoms with van der Waals surface area (Å²) in [4.78, 5) is 23.4. The molecule has 6 nitrogen and oxygen atoms in total. The zero-order valence-corrected chi connectivity index (χ0v) is 18.4. The topological polar surface area (TPSA) is 60.2 Å². The van der Waals surface area contributed by atoms with Crippen LogP contribution in [0.2, 0.25) is 5.02 Å². The number of carbonyl (C=O) groups is 1. The zero-order chi connectivity index (χ0) is 21.8. The SMILES string of the molecule is Cc1ccc(Cl)c2sc(N(CCCn3ccnc3)C(=O)COc3ccc(F)cc3)nc12. The third-order valence-corrected chi connectivity index (χ3v) is 6.29. The molecule has 0 fully saturated rings. The molecule has 0 spiro atoms. The number of amides is 1. The average molecular weight is 459 g/mol. The number of ether oxygens (including phenoxy) is 1. The molecule has 0 aliphatic carbocycles. The van der Waals surface area contributed by atoms with E-state index >= 15 is 0 Å². The molecule has 9 heteroatoms. The second-order valence-corrected chi connectivity index (χ2v) is 8.37. The molecule has 0 aliphatic rings. The Morgan fingerprint density at radius 3 is 2.77 bits per heavy atom. The van der Waals surface area contributed by atoms with E-state index in [2.05, 4.69) is 4.98 Å². The van der Waals surface area contributed by atoms with Crippen LogP contribution in [0.5, 0.6) is 5.75 Å². The number of rotatable bonds is 8. The largest absolute Gasteiger partial charge is 0.484 e. The highest BCUT2D eigenvalue weighted by Crippen LogP contribution is 2.35. The van der Waals surface area contributed by atoms with Crippen molar-refractivity contribution in [1.29, 1.82) is 0 Å². The van der Waals surface area contributed by atoms with Crippen LogP contribution in [0, 0.1) is 12.7 Å². The second-order valence-electron chi connectivity index (χ2n) is 6.98. The van der Waals surface area contributed by atoms with Crippen LogP contribution >= 0.6 is 22.9 Å². The van der Waals surface area contributed by atoms with E-state index in [1.165, 1.54) is 35.6 Å². The van der Waals surface area contributed by atoms with Crippen molar-refractivity contribution in [1.82, 2.24) is 14.5 Å². The van der Waals surface area contributed by atoms with Crippen molar-refractivity contribution in [2.45, 2.75) is 19.9 Å². The monoisotopic (exact) mass is 458 g/mol. The van der Waals surface area contributed by atoms with Crippen molar-refractivity contribution >= 4 is 44.2 Å². The van der Waals surface area contributed by atoms with Gasteiger partial charge in [-0.15, -0.1) is 0 Å². The number of aryl methyl sites for hydroxylation is 2. The Hall–Kier alpha value is -2.97. The molecule has 0 atom stereocenters. The molecule has 2 aromatic carbocycles. The van der Waals surface area contributed by atoms with E-state index in [1.807, 2.05) is 29.8 Å². The number of imidazole rings is 1. The van der Waals surface area contributed by atoms with E-state index < -0.39 is 0 Å². The Balaban J connectivity index is 1.54. The van der Waals surface area contributed by atoms with Gasteiger partial charge in [-0.2, -0.15) is 0 Å². The van der Waals surface area contributed by atoms with Crippen molar-refractivity contribution in [3.63, 3.8) is 0 Å². The first-order chi connectivity index (χ1) is 15.0. The maximum atomic E-state index is 13.1. The lowest BCUT2D eigenvalue weighted by atomic mass is 10.2. The Morgan fingerprint density at radius 2 is 2.06 bits per heavy atom. The summed E-state index contributed by atoms with van der Waals surface area (Å²) in [5.41, 5.74) is 1.79. The van der Waals surface area contributed by atoms with E-state index in [9.17, 15) is 9.18 Å². The molecule has 31 heavy (non-hydrogen) atoms. The summed E-state index contributed by atoms with van der Waals surface area (Å²) < 4.78 is 21.5. The Morgan fingerprint density at radius 1 is 1.26 bits per heavy atom. The number of anilines is 1. The van der Waals surface area contributed by atoms with E-state index in [1.54, 1.807) is 17.4 Å². The van der Waals surface area contributed by atoms with Crippen LogP contribution in [0.3, 0.4) is 0 Å². The minimum Gasteiger partial charge on any atom is -0.484 e. The highest BCUT2D eigenvalue weighted by atomic mass is 35.5. The van der Waals surface area contributed by atoms with Crippen molar-refractivity contribution in [2.24, 2.45) is 0 Å². The van der Waals surface area contributed by atoms with Gasteiger partial charge in [-0.05, 0) is 49.2 Å². The van der Waals surface area contributed by atoms with Crippen molar-refractivity contribution in [3.8, 4) is 5.75 Å². The molecule has 0 radical (unpaired) electrons. The Kier molecular flexibility index (Phi) is 6.48. The first kappa shape index (κ1) is 21.3. The number of halogens is 2. The maximum Gasteiger partial charge on any atom is 0.266 e. The van der Waals surface area contributed by atoms with E-state index in [-0.39, 0.29) is 18.3 Å². The summed E-state index contributed by atoms with van der Waals surface area (Å²) >= 11 is 7.74. The maximum absolute atomic E-state index is 13.1. The van der Waals surface area contributed by atoms with Gasteiger partial charge in [0, 0.05) is 25.5 Å². The third kappa shape index (κ3) is 5.03. The number of thiazole rings is 1. The van der Waals surface area contributed by atoms with Gasteiger partial charge >= 0.3 is 0 Å². The molecule has 2 aromatic heterocycles. The quantitative estimate of drug-likeness (QED) is 0.368. The van der Waals surface area contributed by atoms with Gasteiger partial charge < -0.3 is 9.30 Å². The summed E-state index contributed by atoms with van der Waals surface area (Å²) in [6.07, 6.45) is 6.05. The van der Waals surface area contributed by atoms with E-state index in [0.717, 1.165) is 15.8 Å². The highest BCUT2D eigenvalue weighted by molar-refractivity contribution is 7.23. The van der Waals surface area contributed by atoms with Crippen LogP contribution < -0.4 is 9.64 Å². The van der Waals surface area contributed by atoms with Crippen LogP contribution in [-0.4, -0.2) is 33.6 Å². The van der Waals surface area contributed by atoms with E-state index in [0.29, 0.717) is 35.4 Å². The fourth-order valence-corrected chi connectivity index (χ4v) is 4.48. The summed E-state index contributed by atoms with van der Waals surface area (Å²) in [6, 6.07) is 9.32. The highest BCUT2D eigenvalue weighted by Gasteiger charge is 2.21. The van der Waals surface area contributed by atoms with Gasteiger partial charge in [0.05, 0.1) is 21.6 Å². The number of carbonyl (C=O) groups excluding carboxylic acids is 1. The standard InChI is InChI=1S/C22H20ClFN4O2S/c1-15-3-8-18(23)21-20(15)26-22(31-21)28(11-2-10-27-12-9-25-14-27)19(29)13-30-17-6-4-16(24)5-7-17/h3-9,12,14H,2,10-11,13H2,1H3. The van der Waals surface area contributed by atoms with Gasteiger partial charge in [0.1, 0.15) is 11.6 Å². The predicted octanol–water partition coefficient (Wildman–Crippen LogP) is 5.10. The first-order valence-corrected chi connectivity index (χ1v) is 10.9. The normalized spacial score (nSPS) is 11.1. The van der Waals surface area contributed by atoms with Crippen LogP contribution in [0.4, 0.5) is 9.52 Å². The number of nitrogens with zero attached hydrogens (tertiary/aromatic N) is 4. The lowest BCUT2D eigenvalue weighted by Gasteiger charge is -2.20. The van der Waals surface area contributed by atoms with Gasteiger partial charge in [-0.3, -0.25) is 9.69 Å². The van der Waals surface area contributed by atoms with Gasteiger partial charge in [0.25, 0.3) is 5.91 Å². The fraction of sp³-hybridized carbons (Fsp3) is 0.227. The summed E-state index contributed by atoms with van der Waals surface area (Å²) in [7, 11) is 0. The number of hydrogen-bond acceptors (Lipinski definition) is 5. The molecule has 0 unspecified atom stereocenters. The van der Waals surface area contributed by atoms with Crippen LogP contribution in [0.25, 0.3) is 10.2 Å². The van der Waals surface area contributed by atoms with E-state index in [4.69, 9.17) is 21.3 Å². The number of hydrogen-bond donors (Lipinski definition) is 0. The summed E-state index contributed by atoms with van der Waals surface area (Å²) in [5.74, 6) is -0.166. The van der Waals surface area contributed by atoms with Crippen LogP contribution in [0.15, 0.2) is 55.1 Å². The molecule has 0 aliphatic heterocycles. The van der Waals surface area contributed by atoms with Crippen molar-refractivity contribution < 1.29 is 13.9 Å². The first-order valence-electron chi connectivity index (χ1n) is 9.71. The van der Waals surface area contributed by atoms with Crippen molar-refractivity contribution in [2.75, 3.05) is 18.1 Å². The van der Waals surface area contributed by atoms with Crippen LogP contribution in [0.1, 0.15) is 12.0 Å². The van der Waals surface area contributed by atoms with Gasteiger partial charge in [0.15, 0.2) is 11.7 Å². The molecular weight excluding hydrogens is 439 g/mol. The molecule has 0 saturated carbocycles. The molecule has 4 rings (SSSR count). The number of fused-ring (bicyclic) bond motifs is 1. The molecule has 2 heterocycles. The molecule has 4 aromatic rings. The lowest BCUT2D eigenvalue weighted by Crippen LogP contribution is -2.36. The third-order valence-electron chi connectivity index (χ3n) is 4.75. The van der Waals surface area contributed by atoms with Gasteiger partial charge in [-0.25, -0.2) is 14.4 Å². The summed E-state index contributed by atoms with van der Waals surface area (Å²) in [5, 5.41) is 1.18. The van der Waals surface area contributed by atoms with Crippen LogP contribution in [-0.2, 0) is 11.3 Å². The average Bonchev–Trinajstić information content (AvgIpc) is 3.44. The molecule has 1 amide bonds. The smallest absolute Gasteiger partial charge is 0.266 e. The molecule has 160 valence electrons. The molecule has 0 N–H and O–H groups in total. The Labute approximate surface area is 187 Å². The Bertz CT molecular complexity index is 1140.